The van der Waals surface area contributed by atoms with Crippen molar-refractivity contribution in [1.82, 2.24) is 25.0 Å². The Morgan fingerprint density at radius 3 is 2.63 bits per heavy atom. The Morgan fingerprint density at radius 2 is 1.93 bits per heavy atom. The molecule has 1 amide bonds. The molecule has 1 fully saturated rings. The van der Waals surface area contributed by atoms with Crippen molar-refractivity contribution in [2.45, 2.75) is 37.1 Å². The highest BCUT2D eigenvalue weighted by molar-refractivity contribution is 7.99. The van der Waals surface area contributed by atoms with Crippen molar-refractivity contribution in [2.24, 2.45) is 0 Å². The van der Waals surface area contributed by atoms with E-state index in [4.69, 9.17) is 6.42 Å². The van der Waals surface area contributed by atoms with Crippen LogP contribution in [-0.4, -0.2) is 51.0 Å². The number of carbonyl (C=O) groups excluding carboxylic acids is 1. The van der Waals surface area contributed by atoms with E-state index in [1.807, 2.05) is 0 Å². The van der Waals surface area contributed by atoms with Crippen LogP contribution in [0.2, 0.25) is 0 Å². The van der Waals surface area contributed by atoms with Gasteiger partial charge in [-0.1, -0.05) is 36.2 Å². The number of halogens is 3. The summed E-state index contributed by atoms with van der Waals surface area (Å²) in [4.78, 5) is 14.1. The summed E-state index contributed by atoms with van der Waals surface area (Å²) < 4.78 is 42.4. The molecule has 1 aromatic heterocycles. The Morgan fingerprint density at radius 1 is 1.20 bits per heavy atom. The number of para-hydroxylation sites is 1. The van der Waals surface area contributed by atoms with Crippen molar-refractivity contribution in [1.29, 1.82) is 0 Å². The molecule has 0 radical (unpaired) electrons. The molecule has 10 heteroatoms. The first kappa shape index (κ1) is 22.2. The van der Waals surface area contributed by atoms with Gasteiger partial charge in [0.15, 0.2) is 11.0 Å². The van der Waals surface area contributed by atoms with Crippen molar-refractivity contribution in [3.05, 3.63) is 35.7 Å². The molecule has 0 bridgehead atoms. The maximum absolute atomic E-state index is 13.7. The lowest BCUT2D eigenvalue weighted by atomic mass is 10.1. The molecule has 3 rings (SSSR count). The van der Waals surface area contributed by atoms with E-state index in [0.29, 0.717) is 12.4 Å². The first-order valence-corrected chi connectivity index (χ1v) is 10.5. The third-order valence-corrected chi connectivity index (χ3v) is 5.61. The number of hydrogen-bond donors (Lipinski definition) is 1. The Labute approximate surface area is 177 Å². The number of aromatic nitrogens is 3. The number of thioether (sulfide) groups is 1. The molecule has 1 N–H and O–H groups in total. The summed E-state index contributed by atoms with van der Waals surface area (Å²) in [7, 11) is 0. The van der Waals surface area contributed by atoms with E-state index in [9.17, 15) is 18.0 Å². The van der Waals surface area contributed by atoms with Gasteiger partial charge in [-0.3, -0.25) is 14.3 Å². The highest BCUT2D eigenvalue weighted by Crippen LogP contribution is 2.35. The molecule has 2 heterocycles. The van der Waals surface area contributed by atoms with E-state index >= 15 is 0 Å². The zero-order valence-corrected chi connectivity index (χ0v) is 17.1. The molecule has 1 aliphatic rings. The van der Waals surface area contributed by atoms with E-state index in [-0.39, 0.29) is 29.0 Å². The first-order chi connectivity index (χ1) is 14.4. The number of terminal acetylenes is 1. The highest BCUT2D eigenvalue weighted by atomic mass is 32.2. The van der Waals surface area contributed by atoms with E-state index < -0.39 is 11.7 Å². The molecule has 0 aliphatic carbocycles. The maximum Gasteiger partial charge on any atom is 0.418 e. The minimum absolute atomic E-state index is 0.0300. The van der Waals surface area contributed by atoms with Crippen molar-refractivity contribution in [2.75, 3.05) is 25.4 Å². The molecule has 0 saturated carbocycles. The van der Waals surface area contributed by atoms with Crippen LogP contribution in [0.1, 0.15) is 30.7 Å². The molecule has 0 spiro atoms. The second-order valence-electron chi connectivity index (χ2n) is 6.86. The minimum atomic E-state index is -4.53. The zero-order valence-electron chi connectivity index (χ0n) is 16.3. The van der Waals surface area contributed by atoms with Gasteiger partial charge < -0.3 is 5.32 Å². The smallest absolute Gasteiger partial charge is 0.344 e. The normalized spacial score (nSPS) is 15.0. The van der Waals surface area contributed by atoms with Crippen LogP contribution in [0.5, 0.6) is 0 Å². The standard InChI is InChI=1S/C20H22F3N5OS/c1-2-10-24-18(29)14-30-19-26-25-17(13-27-11-6-3-7-12-27)28(19)16-9-5-4-8-15(16)20(21,22)23/h1,4-5,8-9H,3,6-7,10-14H2,(H,24,29). The van der Waals surface area contributed by atoms with Gasteiger partial charge >= 0.3 is 6.18 Å². The molecule has 160 valence electrons. The van der Waals surface area contributed by atoms with Crippen molar-refractivity contribution >= 4 is 17.7 Å². The fraction of sp³-hybridized carbons (Fsp3) is 0.450. The van der Waals surface area contributed by atoms with Crippen molar-refractivity contribution in [3.63, 3.8) is 0 Å². The third-order valence-electron chi connectivity index (χ3n) is 4.68. The number of alkyl halides is 3. The van der Waals surface area contributed by atoms with E-state index in [1.54, 1.807) is 6.07 Å². The summed E-state index contributed by atoms with van der Waals surface area (Å²) in [6.45, 7) is 2.21. The van der Waals surface area contributed by atoms with Crippen LogP contribution in [0.25, 0.3) is 5.69 Å². The van der Waals surface area contributed by atoms with Crippen molar-refractivity contribution in [3.8, 4) is 18.0 Å². The van der Waals surface area contributed by atoms with E-state index in [0.717, 1.165) is 50.2 Å². The number of nitrogens with zero attached hydrogens (tertiary/aromatic N) is 4. The molecule has 1 saturated heterocycles. The lowest BCUT2D eigenvalue weighted by molar-refractivity contribution is -0.137. The fourth-order valence-corrected chi connectivity index (χ4v) is 4.09. The first-order valence-electron chi connectivity index (χ1n) is 9.56. The van der Waals surface area contributed by atoms with Gasteiger partial charge in [0.2, 0.25) is 5.91 Å². The summed E-state index contributed by atoms with van der Waals surface area (Å²) in [5, 5.41) is 11.0. The number of hydrogen-bond acceptors (Lipinski definition) is 5. The topological polar surface area (TPSA) is 63.1 Å². The van der Waals surface area contributed by atoms with Crippen LogP contribution in [0.15, 0.2) is 29.4 Å². The molecule has 30 heavy (non-hydrogen) atoms. The minimum Gasteiger partial charge on any atom is -0.344 e. The molecule has 0 atom stereocenters. The lowest BCUT2D eigenvalue weighted by Gasteiger charge is -2.26. The second-order valence-corrected chi connectivity index (χ2v) is 7.80. The van der Waals surface area contributed by atoms with Crippen LogP contribution in [0.4, 0.5) is 13.2 Å². The lowest BCUT2D eigenvalue weighted by Crippen LogP contribution is -2.30. The summed E-state index contributed by atoms with van der Waals surface area (Å²) in [6, 6.07) is 5.33. The van der Waals surface area contributed by atoms with Crippen LogP contribution in [0.3, 0.4) is 0 Å². The molecule has 1 aliphatic heterocycles. The molecular weight excluding hydrogens is 415 g/mol. The van der Waals surface area contributed by atoms with E-state index in [2.05, 4.69) is 26.3 Å². The number of rotatable bonds is 7. The predicted octanol–water partition coefficient (Wildman–Crippen LogP) is 3.11. The molecule has 6 nitrogen and oxygen atoms in total. The largest absolute Gasteiger partial charge is 0.418 e. The molecule has 2 aromatic rings. The number of piperidine rings is 1. The number of likely N-dealkylation sites (tertiary alicyclic amines) is 1. The summed E-state index contributed by atoms with van der Waals surface area (Å²) in [5.74, 6) is 2.36. The molecule has 1 aromatic carbocycles. The highest BCUT2D eigenvalue weighted by Gasteiger charge is 2.35. The number of benzene rings is 1. The van der Waals surface area contributed by atoms with Gasteiger partial charge in [0.1, 0.15) is 0 Å². The Bertz CT molecular complexity index is 916. The van der Waals surface area contributed by atoms with Gasteiger partial charge in [-0.05, 0) is 38.1 Å². The maximum atomic E-state index is 13.7. The van der Waals surface area contributed by atoms with Crippen LogP contribution < -0.4 is 5.32 Å². The second kappa shape index (κ2) is 10.00. The Hall–Kier alpha value is -2.51. The summed E-state index contributed by atoms with van der Waals surface area (Å²) in [6.07, 6.45) is 3.83. The van der Waals surface area contributed by atoms with Gasteiger partial charge in [0.25, 0.3) is 0 Å². The fourth-order valence-electron chi connectivity index (χ4n) is 3.29. The average Bonchev–Trinajstić information content (AvgIpc) is 3.13. The zero-order chi connectivity index (χ0) is 21.6. The SMILES string of the molecule is C#CCNC(=O)CSc1nnc(CN2CCCCC2)n1-c1ccccc1C(F)(F)F. The van der Waals surface area contributed by atoms with E-state index in [1.165, 1.54) is 16.7 Å². The molecule has 0 unspecified atom stereocenters. The Kier molecular flexibility index (Phi) is 7.39. The predicted molar refractivity (Wildman–Crippen MR) is 108 cm³/mol. The van der Waals surface area contributed by atoms with Gasteiger partial charge in [-0.2, -0.15) is 13.2 Å². The van der Waals surface area contributed by atoms with Gasteiger partial charge in [0, 0.05) is 0 Å². The summed E-state index contributed by atoms with van der Waals surface area (Å²) in [5.41, 5.74) is -0.822. The monoisotopic (exact) mass is 437 g/mol. The number of amides is 1. The van der Waals surface area contributed by atoms with Crippen LogP contribution >= 0.6 is 11.8 Å². The van der Waals surface area contributed by atoms with Crippen LogP contribution in [-0.2, 0) is 17.5 Å². The third kappa shape index (κ3) is 5.55. The molecular formula is C20H22F3N5OS. The van der Waals surface area contributed by atoms with Crippen LogP contribution in [0, 0.1) is 12.3 Å². The van der Waals surface area contributed by atoms with Gasteiger partial charge in [-0.25, -0.2) is 0 Å². The average molecular weight is 437 g/mol. The summed E-state index contributed by atoms with van der Waals surface area (Å²) >= 11 is 1.03. The quantitative estimate of drug-likeness (QED) is 0.533. The van der Waals surface area contributed by atoms with Gasteiger partial charge in [0.05, 0.1) is 30.1 Å². The number of carbonyl (C=O) groups is 1. The van der Waals surface area contributed by atoms with Crippen molar-refractivity contribution < 1.29 is 18.0 Å². The Balaban J connectivity index is 1.94. The van der Waals surface area contributed by atoms with Gasteiger partial charge in [-0.15, -0.1) is 16.6 Å². The number of nitrogens with one attached hydrogen (secondary N) is 1.